The van der Waals surface area contributed by atoms with Gasteiger partial charge in [-0.25, -0.2) is 9.97 Å². The van der Waals surface area contributed by atoms with Gasteiger partial charge in [0, 0.05) is 50.1 Å². The summed E-state index contributed by atoms with van der Waals surface area (Å²) in [6, 6.07) is 0.312. The van der Waals surface area contributed by atoms with Gasteiger partial charge in [-0.3, -0.25) is 4.79 Å². The number of aliphatic hydroxyl groups is 1. The SMILES string of the molecule is O=C1CCC2CN(c3ncc(CO)cn3)CCN12. The van der Waals surface area contributed by atoms with Crippen molar-refractivity contribution in [3.05, 3.63) is 18.0 Å². The molecule has 0 bridgehead atoms. The number of aliphatic hydroxyl groups excluding tert-OH is 1. The van der Waals surface area contributed by atoms with E-state index in [1.165, 1.54) is 0 Å². The second-order valence-corrected chi connectivity index (χ2v) is 4.78. The van der Waals surface area contributed by atoms with E-state index in [4.69, 9.17) is 5.11 Å². The molecule has 3 rings (SSSR count). The zero-order valence-electron chi connectivity index (χ0n) is 10.1. The number of anilines is 1. The zero-order valence-corrected chi connectivity index (χ0v) is 10.1. The molecular formula is C12H16N4O2. The summed E-state index contributed by atoms with van der Waals surface area (Å²) in [6.07, 6.45) is 4.90. The first-order valence-electron chi connectivity index (χ1n) is 6.24. The Kier molecular flexibility index (Phi) is 2.87. The fourth-order valence-electron chi connectivity index (χ4n) is 2.64. The van der Waals surface area contributed by atoms with Crippen molar-refractivity contribution in [1.29, 1.82) is 0 Å². The van der Waals surface area contributed by atoms with Gasteiger partial charge in [0.1, 0.15) is 0 Å². The lowest BCUT2D eigenvalue weighted by molar-refractivity contribution is -0.129. The van der Waals surface area contributed by atoms with E-state index in [9.17, 15) is 4.79 Å². The Morgan fingerprint density at radius 2 is 2.11 bits per heavy atom. The molecule has 96 valence electrons. The molecule has 2 saturated heterocycles. The van der Waals surface area contributed by atoms with Gasteiger partial charge in [-0.15, -0.1) is 0 Å². The zero-order chi connectivity index (χ0) is 12.5. The van der Waals surface area contributed by atoms with Crippen LogP contribution in [0.5, 0.6) is 0 Å². The molecule has 18 heavy (non-hydrogen) atoms. The van der Waals surface area contributed by atoms with Crippen LogP contribution in [0.3, 0.4) is 0 Å². The van der Waals surface area contributed by atoms with Crippen LogP contribution in [-0.2, 0) is 11.4 Å². The molecule has 1 amide bonds. The van der Waals surface area contributed by atoms with Crippen molar-refractivity contribution in [3.63, 3.8) is 0 Å². The average molecular weight is 248 g/mol. The van der Waals surface area contributed by atoms with Crippen LogP contribution < -0.4 is 4.90 Å². The molecule has 2 fully saturated rings. The van der Waals surface area contributed by atoms with Gasteiger partial charge in [0.15, 0.2) is 0 Å². The second kappa shape index (κ2) is 4.53. The molecule has 0 saturated carbocycles. The number of nitrogens with zero attached hydrogens (tertiary/aromatic N) is 4. The Balaban J connectivity index is 1.72. The van der Waals surface area contributed by atoms with Gasteiger partial charge in [0.05, 0.1) is 6.61 Å². The van der Waals surface area contributed by atoms with Gasteiger partial charge in [0.2, 0.25) is 11.9 Å². The minimum atomic E-state index is -0.0365. The quantitative estimate of drug-likeness (QED) is 0.783. The van der Waals surface area contributed by atoms with Gasteiger partial charge in [0.25, 0.3) is 0 Å². The Labute approximate surface area is 105 Å². The summed E-state index contributed by atoms with van der Waals surface area (Å²) >= 11 is 0. The van der Waals surface area contributed by atoms with Crippen LogP contribution in [0.15, 0.2) is 12.4 Å². The number of hydrogen-bond acceptors (Lipinski definition) is 5. The smallest absolute Gasteiger partial charge is 0.225 e. The maximum Gasteiger partial charge on any atom is 0.225 e. The van der Waals surface area contributed by atoms with E-state index in [1.54, 1.807) is 12.4 Å². The number of amides is 1. The molecule has 1 aromatic rings. The van der Waals surface area contributed by atoms with Crippen LogP contribution in [0.25, 0.3) is 0 Å². The minimum absolute atomic E-state index is 0.0365. The van der Waals surface area contributed by atoms with Crippen LogP contribution in [0.4, 0.5) is 5.95 Å². The highest BCUT2D eigenvalue weighted by molar-refractivity contribution is 5.79. The first-order chi connectivity index (χ1) is 8.78. The van der Waals surface area contributed by atoms with Gasteiger partial charge >= 0.3 is 0 Å². The fourth-order valence-corrected chi connectivity index (χ4v) is 2.64. The first kappa shape index (κ1) is 11.4. The van der Waals surface area contributed by atoms with Crippen molar-refractivity contribution in [2.75, 3.05) is 24.5 Å². The predicted octanol–water partition coefficient (Wildman–Crippen LogP) is -0.220. The third-order valence-electron chi connectivity index (χ3n) is 3.65. The van der Waals surface area contributed by atoms with Crippen molar-refractivity contribution in [1.82, 2.24) is 14.9 Å². The molecule has 0 spiro atoms. The molecule has 0 aromatic carbocycles. The Hall–Kier alpha value is -1.69. The predicted molar refractivity (Wildman–Crippen MR) is 64.9 cm³/mol. The monoisotopic (exact) mass is 248 g/mol. The Morgan fingerprint density at radius 3 is 2.83 bits per heavy atom. The molecule has 6 nitrogen and oxygen atoms in total. The van der Waals surface area contributed by atoms with Crippen LogP contribution >= 0.6 is 0 Å². The van der Waals surface area contributed by atoms with Crippen LogP contribution in [0, 0.1) is 0 Å². The fraction of sp³-hybridized carbons (Fsp3) is 0.583. The number of fused-ring (bicyclic) bond motifs is 1. The Morgan fingerprint density at radius 1 is 1.33 bits per heavy atom. The lowest BCUT2D eigenvalue weighted by Crippen LogP contribution is -2.52. The molecule has 3 heterocycles. The lowest BCUT2D eigenvalue weighted by atomic mass is 10.2. The van der Waals surface area contributed by atoms with E-state index < -0.39 is 0 Å². The normalized spacial score (nSPS) is 23.4. The summed E-state index contributed by atoms with van der Waals surface area (Å²) in [5.74, 6) is 0.961. The standard InChI is InChI=1S/C12H16N4O2/c17-8-9-5-13-12(14-6-9)15-3-4-16-10(7-15)1-2-11(16)18/h5-6,10,17H,1-4,7-8H2. The summed E-state index contributed by atoms with van der Waals surface area (Å²) in [4.78, 5) is 24.2. The first-order valence-corrected chi connectivity index (χ1v) is 6.24. The van der Waals surface area contributed by atoms with Crippen molar-refractivity contribution < 1.29 is 9.90 Å². The van der Waals surface area contributed by atoms with Crippen molar-refractivity contribution in [2.24, 2.45) is 0 Å². The highest BCUT2D eigenvalue weighted by Gasteiger charge is 2.36. The third-order valence-corrected chi connectivity index (χ3v) is 3.65. The largest absolute Gasteiger partial charge is 0.392 e. The third kappa shape index (κ3) is 1.92. The summed E-state index contributed by atoms with van der Waals surface area (Å²) in [6.45, 7) is 2.31. The minimum Gasteiger partial charge on any atom is -0.392 e. The van der Waals surface area contributed by atoms with Gasteiger partial charge < -0.3 is 14.9 Å². The highest BCUT2D eigenvalue weighted by Crippen LogP contribution is 2.24. The molecule has 1 N–H and O–H groups in total. The second-order valence-electron chi connectivity index (χ2n) is 4.78. The average Bonchev–Trinajstić information content (AvgIpc) is 2.80. The van der Waals surface area contributed by atoms with E-state index in [2.05, 4.69) is 14.9 Å². The number of carbonyl (C=O) groups is 1. The Bertz CT molecular complexity index is 448. The van der Waals surface area contributed by atoms with E-state index in [-0.39, 0.29) is 12.5 Å². The number of aromatic nitrogens is 2. The molecule has 1 unspecified atom stereocenters. The van der Waals surface area contributed by atoms with Crippen molar-refractivity contribution >= 4 is 11.9 Å². The van der Waals surface area contributed by atoms with E-state index in [0.29, 0.717) is 24.0 Å². The molecule has 1 atom stereocenters. The van der Waals surface area contributed by atoms with Crippen LogP contribution in [0.2, 0.25) is 0 Å². The molecule has 1 aromatic heterocycles. The highest BCUT2D eigenvalue weighted by atomic mass is 16.3. The summed E-state index contributed by atoms with van der Waals surface area (Å²) in [7, 11) is 0. The topological polar surface area (TPSA) is 69.6 Å². The van der Waals surface area contributed by atoms with Gasteiger partial charge in [-0.05, 0) is 6.42 Å². The number of carbonyl (C=O) groups excluding carboxylic acids is 1. The van der Waals surface area contributed by atoms with Crippen LogP contribution in [0.1, 0.15) is 18.4 Å². The number of hydrogen-bond donors (Lipinski definition) is 1. The summed E-state index contributed by atoms with van der Waals surface area (Å²) in [5.41, 5.74) is 0.716. The van der Waals surface area contributed by atoms with Crippen LogP contribution in [-0.4, -0.2) is 51.6 Å². The maximum atomic E-state index is 11.6. The molecular weight excluding hydrogens is 232 g/mol. The lowest BCUT2D eigenvalue weighted by Gasteiger charge is -2.37. The molecule has 0 aliphatic carbocycles. The van der Waals surface area contributed by atoms with Gasteiger partial charge in [-0.2, -0.15) is 0 Å². The van der Waals surface area contributed by atoms with Crippen molar-refractivity contribution in [3.8, 4) is 0 Å². The van der Waals surface area contributed by atoms with E-state index >= 15 is 0 Å². The number of piperazine rings is 1. The molecule has 2 aliphatic heterocycles. The summed E-state index contributed by atoms with van der Waals surface area (Å²) in [5, 5.41) is 8.95. The van der Waals surface area contributed by atoms with Crippen molar-refractivity contribution in [2.45, 2.75) is 25.5 Å². The molecule has 0 radical (unpaired) electrons. The van der Waals surface area contributed by atoms with E-state index in [1.807, 2.05) is 4.90 Å². The maximum absolute atomic E-state index is 11.6. The molecule has 6 heteroatoms. The van der Waals surface area contributed by atoms with E-state index in [0.717, 1.165) is 26.1 Å². The number of rotatable bonds is 2. The molecule has 2 aliphatic rings. The summed E-state index contributed by atoms with van der Waals surface area (Å²) < 4.78 is 0. The van der Waals surface area contributed by atoms with Gasteiger partial charge in [-0.1, -0.05) is 0 Å².